The molecule has 64 heavy (non-hydrogen) atoms. The monoisotopic (exact) mass is 826 g/mol. The van der Waals surface area contributed by atoms with Crippen LogP contribution in [0.5, 0.6) is 0 Å². The molecule has 0 aliphatic heterocycles. The molecule has 2 heterocycles. The minimum absolute atomic E-state index is 0.195. The summed E-state index contributed by atoms with van der Waals surface area (Å²) >= 11 is 0. The van der Waals surface area contributed by atoms with Crippen molar-refractivity contribution in [2.75, 3.05) is 4.90 Å². The maximum Gasteiger partial charge on any atom is 0.227 e. The lowest BCUT2D eigenvalue weighted by molar-refractivity contribution is 0.654. The third kappa shape index (κ3) is 6.24. The van der Waals surface area contributed by atoms with Gasteiger partial charge in [-0.1, -0.05) is 167 Å². The Balaban J connectivity index is 0.00000239. The van der Waals surface area contributed by atoms with Crippen LogP contribution >= 0.6 is 0 Å². The van der Waals surface area contributed by atoms with Crippen molar-refractivity contribution in [3.63, 3.8) is 0 Å². The normalized spacial score (nSPS) is 16.5. The lowest BCUT2D eigenvalue weighted by Gasteiger charge is -2.35. The number of anilines is 3. The topological polar surface area (TPSA) is 29.3 Å². The first-order chi connectivity index (χ1) is 31.4. The number of aromatic nitrogens is 1. The molecule has 11 rings (SSSR count). The van der Waals surface area contributed by atoms with E-state index in [1.54, 1.807) is 6.20 Å². The Morgan fingerprint density at radius 2 is 1.39 bits per heavy atom. The summed E-state index contributed by atoms with van der Waals surface area (Å²) in [6.45, 7) is 15.6. The van der Waals surface area contributed by atoms with Gasteiger partial charge in [0.05, 0.1) is 5.41 Å². The standard InChI is InChI=1S/C59H44N2O.C2H6/c1-5-6-10-18-39(2)59(42-21-13-8-14-22-42)52-35-34-48-49-24-17-36-60-57(49)62-56(48)55(52)50-33-31-45(38-54(50)59)61(43-28-26-41(27-29-43)40-19-11-7-12-20-40)44-30-32-47-46-23-15-9-16-25-51(46)58(3,4)53(47)37-44;1-2/h5-8,10-14,16-22,24-38H,2,23H2,1,3-4H3;1-2H3/b6-5-,18-10-;. The highest BCUT2D eigenvalue weighted by Gasteiger charge is 2.48. The molecule has 0 N–H and O–H groups in total. The van der Waals surface area contributed by atoms with E-state index in [-0.39, 0.29) is 5.41 Å². The van der Waals surface area contributed by atoms with Gasteiger partial charge in [0, 0.05) is 51.4 Å². The molecule has 0 radical (unpaired) electrons. The van der Waals surface area contributed by atoms with E-state index in [1.807, 2.05) is 32.9 Å². The lowest BCUT2D eigenvalue weighted by Crippen LogP contribution is -2.28. The molecule has 0 saturated carbocycles. The highest BCUT2D eigenvalue weighted by Crippen LogP contribution is 2.60. The molecule has 310 valence electrons. The number of allylic oxidation sites excluding steroid dienone is 9. The van der Waals surface area contributed by atoms with Crippen LogP contribution < -0.4 is 4.90 Å². The number of hydrogen-bond acceptors (Lipinski definition) is 3. The first kappa shape index (κ1) is 40.4. The zero-order valence-corrected chi connectivity index (χ0v) is 37.1. The van der Waals surface area contributed by atoms with Crippen molar-refractivity contribution in [3.8, 4) is 34.1 Å². The third-order valence-corrected chi connectivity index (χ3v) is 13.2. The Hall–Kier alpha value is -7.67. The van der Waals surface area contributed by atoms with Crippen LogP contribution in [0.15, 0.2) is 210 Å². The van der Waals surface area contributed by atoms with Crippen LogP contribution in [0.2, 0.25) is 0 Å². The molecule has 2 aromatic heterocycles. The quantitative estimate of drug-likeness (QED) is 0.113. The van der Waals surface area contributed by atoms with Crippen LogP contribution in [-0.2, 0) is 10.8 Å². The van der Waals surface area contributed by atoms with E-state index >= 15 is 0 Å². The van der Waals surface area contributed by atoms with Gasteiger partial charge < -0.3 is 9.32 Å². The molecule has 0 bridgehead atoms. The minimum atomic E-state index is -0.738. The molecule has 8 aromatic rings. The van der Waals surface area contributed by atoms with E-state index in [0.29, 0.717) is 5.71 Å². The van der Waals surface area contributed by atoms with Gasteiger partial charge in [0.25, 0.3) is 0 Å². The Morgan fingerprint density at radius 3 is 2.14 bits per heavy atom. The number of furan rings is 1. The van der Waals surface area contributed by atoms with Gasteiger partial charge in [-0.2, -0.15) is 0 Å². The molecule has 1 unspecified atom stereocenters. The van der Waals surface area contributed by atoms with E-state index in [0.717, 1.165) is 73.2 Å². The summed E-state index contributed by atoms with van der Waals surface area (Å²) in [6, 6.07) is 53.0. The van der Waals surface area contributed by atoms with E-state index in [9.17, 15) is 0 Å². The van der Waals surface area contributed by atoms with Crippen molar-refractivity contribution in [3.05, 3.63) is 234 Å². The van der Waals surface area contributed by atoms with E-state index < -0.39 is 5.41 Å². The number of fused-ring (bicyclic) bond motifs is 9. The fourth-order valence-electron chi connectivity index (χ4n) is 10.4. The second-order valence-corrected chi connectivity index (χ2v) is 16.9. The summed E-state index contributed by atoms with van der Waals surface area (Å²) < 4.78 is 6.74. The molecule has 3 aliphatic carbocycles. The highest BCUT2D eigenvalue weighted by atomic mass is 16.3. The molecule has 0 amide bonds. The fourth-order valence-corrected chi connectivity index (χ4v) is 10.4. The summed E-state index contributed by atoms with van der Waals surface area (Å²) in [7, 11) is 0. The van der Waals surface area contributed by atoms with Gasteiger partial charge in [-0.05, 0) is 129 Å². The Morgan fingerprint density at radius 1 is 0.703 bits per heavy atom. The van der Waals surface area contributed by atoms with Crippen molar-refractivity contribution in [1.82, 2.24) is 4.98 Å². The molecule has 1 atom stereocenters. The minimum Gasteiger partial charge on any atom is -0.437 e. The predicted octanol–water partition coefficient (Wildman–Crippen LogP) is 16.2. The molecular weight excluding hydrogens is 777 g/mol. The average Bonchev–Trinajstić information content (AvgIpc) is 3.83. The number of nitrogens with zero attached hydrogens (tertiary/aromatic N) is 2. The summed E-state index contributed by atoms with van der Waals surface area (Å²) in [5.74, 6) is 6.58. The van der Waals surface area contributed by atoms with Crippen molar-refractivity contribution in [1.29, 1.82) is 0 Å². The fraction of sp³-hybridized carbons (Fsp3) is 0.131. The third-order valence-electron chi connectivity index (χ3n) is 13.2. The van der Waals surface area contributed by atoms with Gasteiger partial charge in [0.2, 0.25) is 5.71 Å². The smallest absolute Gasteiger partial charge is 0.227 e. The molecule has 3 heteroatoms. The Labute approximate surface area is 377 Å². The Bertz CT molecular complexity index is 3310. The van der Waals surface area contributed by atoms with Crippen molar-refractivity contribution in [2.24, 2.45) is 0 Å². The molecule has 0 fully saturated rings. The van der Waals surface area contributed by atoms with Gasteiger partial charge >= 0.3 is 0 Å². The Kier molecular flexibility index (Phi) is 10.2. The number of hydrogen-bond donors (Lipinski definition) is 0. The molecular formula is C61H50N2O. The van der Waals surface area contributed by atoms with Gasteiger partial charge in [0.15, 0.2) is 0 Å². The van der Waals surface area contributed by atoms with E-state index in [2.05, 4.69) is 205 Å². The van der Waals surface area contributed by atoms with Crippen LogP contribution in [0.4, 0.5) is 17.1 Å². The maximum atomic E-state index is 6.74. The zero-order chi connectivity index (χ0) is 44.0. The lowest BCUT2D eigenvalue weighted by atomic mass is 9.67. The van der Waals surface area contributed by atoms with Gasteiger partial charge in [-0.25, -0.2) is 4.98 Å². The van der Waals surface area contributed by atoms with Crippen LogP contribution in [0.3, 0.4) is 0 Å². The summed E-state index contributed by atoms with van der Waals surface area (Å²) in [5.41, 5.74) is 18.0. The van der Waals surface area contributed by atoms with Gasteiger partial charge in [0.1, 0.15) is 5.58 Å². The van der Waals surface area contributed by atoms with Gasteiger partial charge in [-0.15, -0.1) is 0 Å². The second-order valence-electron chi connectivity index (χ2n) is 16.9. The first-order valence-corrected chi connectivity index (χ1v) is 22.4. The van der Waals surface area contributed by atoms with Crippen LogP contribution in [-0.4, -0.2) is 4.98 Å². The second kappa shape index (κ2) is 16.2. The predicted molar refractivity (Wildman–Crippen MR) is 269 cm³/mol. The van der Waals surface area contributed by atoms with E-state index in [4.69, 9.17) is 11.0 Å². The molecule has 0 saturated heterocycles. The molecule has 0 spiro atoms. The van der Waals surface area contributed by atoms with Crippen LogP contribution in [0, 0.1) is 11.8 Å². The summed E-state index contributed by atoms with van der Waals surface area (Å²) in [6.07, 6.45) is 15.2. The van der Waals surface area contributed by atoms with E-state index in [1.165, 1.54) is 33.4 Å². The average molecular weight is 827 g/mol. The number of rotatable bonds is 8. The number of pyridine rings is 1. The zero-order valence-electron chi connectivity index (χ0n) is 37.1. The highest BCUT2D eigenvalue weighted by molar-refractivity contribution is 6.12. The van der Waals surface area contributed by atoms with Crippen molar-refractivity contribution >= 4 is 44.7 Å². The molecule has 3 aliphatic rings. The maximum absolute atomic E-state index is 6.74. The summed E-state index contributed by atoms with van der Waals surface area (Å²) in [4.78, 5) is 7.07. The van der Waals surface area contributed by atoms with Crippen molar-refractivity contribution in [2.45, 2.75) is 51.9 Å². The molecule has 3 nitrogen and oxygen atoms in total. The van der Waals surface area contributed by atoms with Crippen LogP contribution in [0.1, 0.15) is 68.9 Å². The SMILES string of the molecule is C=C(/C=C\C=C/C)C1(c2ccccc2)c2cc(N(c3ccc(-c4ccccc4)cc3)c3ccc4c(c3)C(C)(C)C3=C4CC#CC=C3)ccc2-c2c1ccc1c2oc2ncccc21.CC. The largest absolute Gasteiger partial charge is 0.437 e. The number of benzene rings is 6. The van der Waals surface area contributed by atoms with Gasteiger partial charge in [-0.3, -0.25) is 0 Å². The molecule has 6 aromatic carbocycles. The first-order valence-electron chi connectivity index (χ1n) is 22.4. The van der Waals surface area contributed by atoms with Crippen molar-refractivity contribution < 1.29 is 4.42 Å². The summed E-state index contributed by atoms with van der Waals surface area (Å²) in [5, 5.41) is 2.06. The van der Waals surface area contributed by atoms with Crippen LogP contribution in [0.25, 0.3) is 49.9 Å².